The number of hydrogen-bond acceptors (Lipinski definition) is 2. The van der Waals surface area contributed by atoms with Crippen molar-refractivity contribution in [2.75, 3.05) is 0 Å². The molecule has 1 aromatic carbocycles. The molecule has 0 aromatic heterocycles. The Balaban J connectivity index is 0.00000225. The lowest BCUT2D eigenvalue weighted by Crippen LogP contribution is -2.23. The van der Waals surface area contributed by atoms with Gasteiger partial charge in [0.15, 0.2) is 11.6 Å². The third kappa shape index (κ3) is 4.06. The number of nitrogen functional groups attached to an aromatic ring is 1. The van der Waals surface area contributed by atoms with Crippen molar-refractivity contribution >= 4 is 18.2 Å². The van der Waals surface area contributed by atoms with Gasteiger partial charge in [-0.2, -0.15) is 0 Å². The Kier molecular flexibility index (Phi) is 4.75. The molecule has 3 nitrogen and oxygen atoms in total. The molecule has 0 amide bonds. The molecule has 0 atom stereocenters. The van der Waals surface area contributed by atoms with Crippen LogP contribution in [-0.4, -0.2) is 11.4 Å². The van der Waals surface area contributed by atoms with E-state index in [9.17, 15) is 4.39 Å². The molecule has 0 fully saturated rings. The van der Waals surface area contributed by atoms with E-state index >= 15 is 0 Å². The minimum absolute atomic E-state index is 0. The molecule has 0 aliphatic rings. The fourth-order valence-corrected chi connectivity index (χ4v) is 1.08. The molecule has 3 N–H and O–H groups in total. The highest BCUT2D eigenvalue weighted by atomic mass is 35.5. The van der Waals surface area contributed by atoms with Crippen molar-refractivity contribution < 1.29 is 9.13 Å². The van der Waals surface area contributed by atoms with Crippen LogP contribution in [0.5, 0.6) is 5.75 Å². The van der Waals surface area contributed by atoms with Crippen molar-refractivity contribution in [1.82, 2.24) is 0 Å². The normalized spacial score (nSPS) is 10.5. The van der Waals surface area contributed by atoms with E-state index in [-0.39, 0.29) is 24.0 Å². The first-order valence-electron chi connectivity index (χ1n) is 4.62. The molecule has 5 heteroatoms. The average Bonchev–Trinajstić information content (AvgIpc) is 2.05. The van der Waals surface area contributed by atoms with Crippen LogP contribution in [0.1, 0.15) is 26.3 Å². The van der Waals surface area contributed by atoms with E-state index in [4.69, 9.17) is 15.9 Å². The Morgan fingerprint density at radius 2 is 1.94 bits per heavy atom. The summed E-state index contributed by atoms with van der Waals surface area (Å²) in [5.41, 5.74) is 5.15. The first-order valence-corrected chi connectivity index (χ1v) is 4.62. The van der Waals surface area contributed by atoms with Crippen LogP contribution >= 0.6 is 12.4 Å². The highest BCUT2D eigenvalue weighted by molar-refractivity contribution is 5.95. The van der Waals surface area contributed by atoms with Gasteiger partial charge in [-0.15, -0.1) is 12.4 Å². The molecule has 1 aromatic rings. The summed E-state index contributed by atoms with van der Waals surface area (Å²) < 4.78 is 18.8. The van der Waals surface area contributed by atoms with Gasteiger partial charge in [0.25, 0.3) is 0 Å². The molecule has 0 spiro atoms. The lowest BCUT2D eigenvalue weighted by atomic mass is 10.1. The van der Waals surface area contributed by atoms with Crippen LogP contribution in [0.15, 0.2) is 18.2 Å². The lowest BCUT2D eigenvalue weighted by Gasteiger charge is -2.21. The molecule has 0 saturated carbocycles. The van der Waals surface area contributed by atoms with Crippen LogP contribution < -0.4 is 10.5 Å². The average molecular weight is 247 g/mol. The Bertz CT molecular complexity index is 388. The van der Waals surface area contributed by atoms with Gasteiger partial charge in [0.1, 0.15) is 11.4 Å². The van der Waals surface area contributed by atoms with Gasteiger partial charge in [-0.1, -0.05) is 0 Å². The van der Waals surface area contributed by atoms with Crippen LogP contribution in [0.2, 0.25) is 0 Å². The zero-order chi connectivity index (χ0) is 11.6. The Morgan fingerprint density at radius 1 is 1.38 bits per heavy atom. The first-order chi connectivity index (χ1) is 6.79. The van der Waals surface area contributed by atoms with Crippen LogP contribution in [0.3, 0.4) is 0 Å². The van der Waals surface area contributed by atoms with Gasteiger partial charge in [-0.05, 0) is 39.0 Å². The van der Waals surface area contributed by atoms with Gasteiger partial charge in [-0.25, -0.2) is 4.39 Å². The summed E-state index contributed by atoms with van der Waals surface area (Å²) in [5, 5.41) is 7.15. The number of amidine groups is 1. The SMILES string of the molecule is CC(C)(C)Oc1ccc(C(=N)N)cc1F.Cl. The number of nitrogens with one attached hydrogen (secondary N) is 1. The molecule has 0 aliphatic heterocycles. The number of ether oxygens (including phenoxy) is 1. The van der Waals surface area contributed by atoms with E-state index in [0.717, 1.165) is 0 Å². The summed E-state index contributed by atoms with van der Waals surface area (Å²) in [4.78, 5) is 0. The quantitative estimate of drug-likeness (QED) is 0.623. The maximum absolute atomic E-state index is 13.5. The molecule has 1 rings (SSSR count). The van der Waals surface area contributed by atoms with Crippen molar-refractivity contribution in [2.24, 2.45) is 5.73 Å². The Hall–Kier alpha value is -1.29. The zero-order valence-electron chi connectivity index (χ0n) is 9.50. The second kappa shape index (κ2) is 5.16. The summed E-state index contributed by atoms with van der Waals surface area (Å²) in [6.07, 6.45) is 0. The second-order valence-corrected chi connectivity index (χ2v) is 4.27. The van der Waals surface area contributed by atoms with E-state index in [0.29, 0.717) is 5.56 Å². The molecule has 0 heterocycles. The minimum Gasteiger partial charge on any atom is -0.485 e. The standard InChI is InChI=1S/C11H15FN2O.ClH/c1-11(2,3)15-9-5-4-7(10(13)14)6-8(9)12;/h4-6H,1-3H3,(H3,13,14);1H. The maximum atomic E-state index is 13.5. The molecule has 90 valence electrons. The van der Waals surface area contributed by atoms with Gasteiger partial charge in [-0.3, -0.25) is 5.41 Å². The minimum atomic E-state index is -0.502. The largest absolute Gasteiger partial charge is 0.485 e. The molecular formula is C11H16ClFN2O. The van der Waals surface area contributed by atoms with Crippen molar-refractivity contribution in [3.05, 3.63) is 29.6 Å². The summed E-state index contributed by atoms with van der Waals surface area (Å²) in [5.74, 6) is -0.485. The van der Waals surface area contributed by atoms with Crippen LogP contribution in [0, 0.1) is 11.2 Å². The van der Waals surface area contributed by atoms with E-state index in [1.54, 1.807) is 6.07 Å². The zero-order valence-corrected chi connectivity index (χ0v) is 10.3. The third-order valence-electron chi connectivity index (χ3n) is 1.66. The topological polar surface area (TPSA) is 59.1 Å². The van der Waals surface area contributed by atoms with Gasteiger partial charge in [0, 0.05) is 5.56 Å². The van der Waals surface area contributed by atoms with Crippen LogP contribution in [0.4, 0.5) is 4.39 Å². The molecule has 0 bridgehead atoms. The molecule has 0 aliphatic carbocycles. The van der Waals surface area contributed by atoms with Gasteiger partial charge in [0.05, 0.1) is 0 Å². The van der Waals surface area contributed by atoms with Crippen LogP contribution in [-0.2, 0) is 0 Å². The summed E-state index contributed by atoms with van der Waals surface area (Å²) >= 11 is 0. The highest BCUT2D eigenvalue weighted by Gasteiger charge is 2.15. The molecule has 0 unspecified atom stereocenters. The summed E-state index contributed by atoms with van der Waals surface area (Å²) in [6.45, 7) is 5.52. The fraction of sp³-hybridized carbons (Fsp3) is 0.364. The van der Waals surface area contributed by atoms with Gasteiger partial charge < -0.3 is 10.5 Å². The van der Waals surface area contributed by atoms with Gasteiger partial charge >= 0.3 is 0 Å². The number of benzene rings is 1. The van der Waals surface area contributed by atoms with Crippen LogP contribution in [0.25, 0.3) is 0 Å². The Morgan fingerprint density at radius 3 is 2.31 bits per heavy atom. The number of halogens is 2. The third-order valence-corrected chi connectivity index (χ3v) is 1.66. The second-order valence-electron chi connectivity index (χ2n) is 4.27. The van der Waals surface area contributed by atoms with Crippen molar-refractivity contribution in [2.45, 2.75) is 26.4 Å². The molecule has 0 saturated heterocycles. The van der Waals surface area contributed by atoms with Gasteiger partial charge in [0.2, 0.25) is 0 Å². The Labute approximate surface area is 101 Å². The predicted octanol–water partition coefficient (Wildman–Crippen LogP) is 2.71. The predicted molar refractivity (Wildman–Crippen MR) is 65.0 cm³/mol. The van der Waals surface area contributed by atoms with E-state index < -0.39 is 11.4 Å². The molecule has 0 radical (unpaired) electrons. The van der Waals surface area contributed by atoms with Crippen molar-refractivity contribution in [3.8, 4) is 5.75 Å². The molecular weight excluding hydrogens is 231 g/mol. The monoisotopic (exact) mass is 246 g/mol. The molecule has 16 heavy (non-hydrogen) atoms. The van der Waals surface area contributed by atoms with E-state index in [1.807, 2.05) is 20.8 Å². The number of hydrogen-bond donors (Lipinski definition) is 2. The number of nitrogens with two attached hydrogens (primary N) is 1. The summed E-state index contributed by atoms with van der Waals surface area (Å²) in [6, 6.07) is 4.24. The number of rotatable bonds is 2. The van der Waals surface area contributed by atoms with Crippen molar-refractivity contribution in [1.29, 1.82) is 5.41 Å². The fourth-order valence-electron chi connectivity index (χ4n) is 1.08. The van der Waals surface area contributed by atoms with E-state index in [1.165, 1.54) is 12.1 Å². The smallest absolute Gasteiger partial charge is 0.165 e. The summed E-state index contributed by atoms with van der Waals surface area (Å²) in [7, 11) is 0. The maximum Gasteiger partial charge on any atom is 0.165 e. The first kappa shape index (κ1) is 14.7. The highest BCUT2D eigenvalue weighted by Crippen LogP contribution is 2.22. The van der Waals surface area contributed by atoms with E-state index in [2.05, 4.69) is 0 Å². The van der Waals surface area contributed by atoms with Crippen molar-refractivity contribution in [3.63, 3.8) is 0 Å². The lowest BCUT2D eigenvalue weighted by molar-refractivity contribution is 0.124.